The summed E-state index contributed by atoms with van der Waals surface area (Å²) in [6, 6.07) is 8.37. The Morgan fingerprint density at radius 2 is 1.71 bits per heavy atom. The van der Waals surface area contributed by atoms with Crippen LogP contribution in [0.4, 0.5) is 0 Å². The Bertz CT molecular complexity index is 661. The molecular formula is C21H31N3O4. The Kier molecular flexibility index (Phi) is 10.7. The zero-order valence-corrected chi connectivity index (χ0v) is 16.7. The van der Waals surface area contributed by atoms with E-state index in [1.54, 1.807) is 6.92 Å². The first-order valence-corrected chi connectivity index (χ1v) is 9.71. The number of Topliss-reactive ketones (excluding diaryl/α,β-unsaturated/α-hetero) is 2. The van der Waals surface area contributed by atoms with Crippen molar-refractivity contribution in [2.45, 2.75) is 58.5 Å². The number of nitrogens with one attached hydrogen (secondary N) is 2. The van der Waals surface area contributed by atoms with E-state index in [4.69, 9.17) is 5.73 Å². The standard InChI is InChI=1S/C21H31N3O4/c1-15(11-12-16(2)25)20(27)24-18(10-6-7-13-22)19(26)21(28)23-14-17-8-4-3-5-9-17/h3-5,8-9,15,18H,6-7,10-14,22H2,1-2H3,(H,23,28)(H,24,27)/t15-,18-/m0/s1. The van der Waals surface area contributed by atoms with Crippen LogP contribution in [0.15, 0.2) is 30.3 Å². The number of unbranched alkanes of at least 4 members (excludes halogenated alkanes) is 1. The molecule has 4 N–H and O–H groups in total. The summed E-state index contributed by atoms with van der Waals surface area (Å²) in [4.78, 5) is 48.3. The Hall–Kier alpha value is -2.54. The summed E-state index contributed by atoms with van der Waals surface area (Å²) in [6.07, 6.45) is 2.38. The number of benzene rings is 1. The molecule has 7 heteroatoms. The fourth-order valence-electron chi connectivity index (χ4n) is 2.65. The van der Waals surface area contributed by atoms with Crippen LogP contribution >= 0.6 is 0 Å². The van der Waals surface area contributed by atoms with Gasteiger partial charge in [-0.2, -0.15) is 0 Å². The first-order valence-electron chi connectivity index (χ1n) is 9.71. The lowest BCUT2D eigenvalue weighted by atomic mass is 10.00. The van der Waals surface area contributed by atoms with Gasteiger partial charge in [-0.25, -0.2) is 0 Å². The van der Waals surface area contributed by atoms with Gasteiger partial charge in [-0.15, -0.1) is 0 Å². The molecule has 0 aliphatic heterocycles. The highest BCUT2D eigenvalue weighted by Gasteiger charge is 2.27. The lowest BCUT2D eigenvalue weighted by Crippen LogP contribution is -2.48. The van der Waals surface area contributed by atoms with Gasteiger partial charge in [-0.3, -0.25) is 14.4 Å². The van der Waals surface area contributed by atoms with Crippen LogP contribution in [0.3, 0.4) is 0 Å². The highest BCUT2D eigenvalue weighted by atomic mass is 16.2. The van der Waals surface area contributed by atoms with Crippen molar-refractivity contribution in [3.8, 4) is 0 Å². The first kappa shape index (κ1) is 23.5. The molecule has 0 unspecified atom stereocenters. The molecular weight excluding hydrogens is 358 g/mol. The smallest absolute Gasteiger partial charge is 0.289 e. The summed E-state index contributed by atoms with van der Waals surface area (Å²) in [5, 5.41) is 5.28. The normalized spacial score (nSPS) is 12.7. The zero-order valence-electron chi connectivity index (χ0n) is 16.7. The molecule has 1 rings (SSSR count). The maximum absolute atomic E-state index is 12.6. The molecule has 0 heterocycles. The predicted octanol–water partition coefficient (Wildman–Crippen LogP) is 1.49. The summed E-state index contributed by atoms with van der Waals surface area (Å²) < 4.78 is 0. The molecule has 0 radical (unpaired) electrons. The first-order chi connectivity index (χ1) is 13.3. The Morgan fingerprint density at radius 1 is 1.04 bits per heavy atom. The van der Waals surface area contributed by atoms with Crippen LogP contribution < -0.4 is 16.4 Å². The lowest BCUT2D eigenvalue weighted by molar-refractivity contribution is -0.140. The van der Waals surface area contributed by atoms with E-state index in [2.05, 4.69) is 10.6 Å². The second-order valence-electron chi connectivity index (χ2n) is 7.02. The maximum atomic E-state index is 12.6. The molecule has 0 aliphatic carbocycles. The van der Waals surface area contributed by atoms with E-state index >= 15 is 0 Å². The molecule has 7 nitrogen and oxygen atoms in total. The van der Waals surface area contributed by atoms with Gasteiger partial charge in [0, 0.05) is 18.9 Å². The number of ketones is 2. The topological polar surface area (TPSA) is 118 Å². The summed E-state index contributed by atoms with van der Waals surface area (Å²) in [7, 11) is 0. The fraction of sp³-hybridized carbons (Fsp3) is 0.524. The van der Waals surface area contributed by atoms with Crippen LogP contribution in [0, 0.1) is 5.92 Å². The van der Waals surface area contributed by atoms with Crippen LogP contribution in [0.1, 0.15) is 51.5 Å². The second kappa shape index (κ2) is 12.8. The molecule has 1 aromatic carbocycles. The zero-order chi connectivity index (χ0) is 20.9. The van der Waals surface area contributed by atoms with E-state index in [0.29, 0.717) is 38.6 Å². The number of rotatable bonds is 13. The molecule has 0 bridgehead atoms. The van der Waals surface area contributed by atoms with Crippen LogP contribution in [0.25, 0.3) is 0 Å². The second-order valence-corrected chi connectivity index (χ2v) is 7.02. The van der Waals surface area contributed by atoms with Crippen molar-refractivity contribution in [1.29, 1.82) is 0 Å². The number of hydrogen-bond acceptors (Lipinski definition) is 5. The van der Waals surface area contributed by atoms with Crippen LogP contribution in [-0.4, -0.2) is 36.0 Å². The highest BCUT2D eigenvalue weighted by Crippen LogP contribution is 2.09. The number of hydrogen-bond donors (Lipinski definition) is 3. The van der Waals surface area contributed by atoms with Crippen LogP contribution in [0.2, 0.25) is 0 Å². The molecule has 154 valence electrons. The van der Waals surface area contributed by atoms with E-state index in [1.165, 1.54) is 6.92 Å². The van der Waals surface area contributed by atoms with Gasteiger partial charge in [-0.1, -0.05) is 37.3 Å². The summed E-state index contributed by atoms with van der Waals surface area (Å²) >= 11 is 0. The Balaban J connectivity index is 2.66. The van der Waals surface area contributed by atoms with Gasteiger partial charge in [0.2, 0.25) is 11.7 Å². The largest absolute Gasteiger partial charge is 0.345 e. The van der Waals surface area contributed by atoms with Crippen LogP contribution in [-0.2, 0) is 25.7 Å². The van der Waals surface area contributed by atoms with Gasteiger partial charge in [0.05, 0.1) is 6.04 Å². The molecule has 28 heavy (non-hydrogen) atoms. The van der Waals surface area contributed by atoms with Crippen molar-refractivity contribution >= 4 is 23.4 Å². The van der Waals surface area contributed by atoms with Gasteiger partial charge in [0.15, 0.2) is 0 Å². The number of carbonyl (C=O) groups excluding carboxylic acids is 4. The molecule has 0 saturated heterocycles. The molecule has 0 aromatic heterocycles. The Labute approximate surface area is 166 Å². The van der Waals surface area contributed by atoms with Crippen molar-refractivity contribution in [1.82, 2.24) is 10.6 Å². The highest BCUT2D eigenvalue weighted by molar-refractivity contribution is 6.38. The van der Waals surface area contributed by atoms with Gasteiger partial charge in [0.25, 0.3) is 5.91 Å². The molecule has 2 atom stereocenters. The number of amides is 2. The van der Waals surface area contributed by atoms with Crippen molar-refractivity contribution in [3.63, 3.8) is 0 Å². The minimum Gasteiger partial charge on any atom is -0.345 e. The predicted molar refractivity (Wildman–Crippen MR) is 107 cm³/mol. The quantitative estimate of drug-likeness (QED) is 0.349. The van der Waals surface area contributed by atoms with Crippen LogP contribution in [0.5, 0.6) is 0 Å². The average Bonchev–Trinajstić information content (AvgIpc) is 2.69. The summed E-state index contributed by atoms with van der Waals surface area (Å²) in [6.45, 7) is 3.89. The minimum atomic E-state index is -0.894. The molecule has 0 saturated carbocycles. The van der Waals surface area contributed by atoms with Crippen molar-refractivity contribution in [2.75, 3.05) is 6.54 Å². The van der Waals surface area contributed by atoms with Crippen molar-refractivity contribution in [3.05, 3.63) is 35.9 Å². The van der Waals surface area contributed by atoms with Gasteiger partial charge >= 0.3 is 0 Å². The SMILES string of the molecule is CC(=O)CC[C@H](C)C(=O)N[C@@H](CCCCN)C(=O)C(=O)NCc1ccccc1. The summed E-state index contributed by atoms with van der Waals surface area (Å²) in [5.74, 6) is -2.13. The van der Waals surface area contributed by atoms with E-state index in [9.17, 15) is 19.2 Å². The molecule has 1 aromatic rings. The lowest BCUT2D eigenvalue weighted by Gasteiger charge is -2.20. The molecule has 2 amide bonds. The van der Waals surface area contributed by atoms with E-state index < -0.39 is 23.7 Å². The average molecular weight is 389 g/mol. The van der Waals surface area contributed by atoms with Gasteiger partial charge in [-0.05, 0) is 44.7 Å². The molecule has 0 spiro atoms. The number of carbonyl (C=O) groups is 4. The van der Waals surface area contributed by atoms with Gasteiger partial charge in [0.1, 0.15) is 5.78 Å². The van der Waals surface area contributed by atoms with E-state index in [1.807, 2.05) is 30.3 Å². The third-order valence-corrected chi connectivity index (χ3v) is 4.48. The van der Waals surface area contributed by atoms with Crippen molar-refractivity contribution < 1.29 is 19.2 Å². The number of nitrogens with two attached hydrogens (primary N) is 1. The summed E-state index contributed by atoms with van der Waals surface area (Å²) in [5.41, 5.74) is 6.38. The minimum absolute atomic E-state index is 0.00973. The van der Waals surface area contributed by atoms with E-state index in [0.717, 1.165) is 5.56 Å². The third-order valence-electron chi connectivity index (χ3n) is 4.48. The fourth-order valence-corrected chi connectivity index (χ4v) is 2.65. The molecule has 0 aliphatic rings. The maximum Gasteiger partial charge on any atom is 0.289 e. The van der Waals surface area contributed by atoms with Crippen molar-refractivity contribution in [2.24, 2.45) is 11.7 Å². The van der Waals surface area contributed by atoms with E-state index in [-0.39, 0.29) is 18.2 Å². The molecule has 0 fully saturated rings. The Morgan fingerprint density at radius 3 is 2.32 bits per heavy atom. The monoisotopic (exact) mass is 389 g/mol. The third kappa shape index (κ3) is 8.90. The van der Waals surface area contributed by atoms with Gasteiger partial charge < -0.3 is 21.2 Å².